The van der Waals surface area contributed by atoms with Crippen molar-refractivity contribution in [3.63, 3.8) is 0 Å². The highest BCUT2D eigenvalue weighted by atomic mass is 32.2. The largest absolute Gasteiger partial charge is 0.281 e. The fourth-order valence-electron chi connectivity index (χ4n) is 2.52. The number of aromatic nitrogens is 1. The van der Waals surface area contributed by atoms with Gasteiger partial charge in [-0.1, -0.05) is 42.5 Å². The molecule has 0 aliphatic carbocycles. The smallest absolute Gasteiger partial charge is 0.273 e. The molecule has 0 aliphatic heterocycles. The number of nitrogens with zero attached hydrogens (tertiary/aromatic N) is 1. The van der Waals surface area contributed by atoms with E-state index in [4.69, 9.17) is 5.14 Å². The third-order valence-corrected chi connectivity index (χ3v) is 6.09. The number of rotatable bonds is 5. The van der Waals surface area contributed by atoms with Crippen LogP contribution >= 0.6 is 11.3 Å². The highest BCUT2D eigenvalue weighted by Gasteiger charge is 2.17. The second-order valence-electron chi connectivity index (χ2n) is 6.17. The normalized spacial score (nSPS) is 11.1. The standard InChI is InChI=1S/C19H18N4O4S2/c1-12-17(28-19(21-12)14-5-3-2-4-6-14)18(25)23-22-16(24)11-13-7-9-15(10-8-13)29(20,26)27/h2-10H,11H2,1H3,(H,22,24)(H,23,25)(H2,20,26,27). The maximum Gasteiger partial charge on any atom is 0.281 e. The lowest BCUT2D eigenvalue weighted by Gasteiger charge is -2.07. The molecule has 0 bridgehead atoms. The molecule has 10 heteroatoms. The Hall–Kier alpha value is -3.08. The Labute approximate surface area is 171 Å². The number of hydrogen-bond acceptors (Lipinski definition) is 6. The number of aryl methyl sites for hydroxylation is 1. The van der Waals surface area contributed by atoms with Crippen molar-refractivity contribution in [2.75, 3.05) is 0 Å². The molecule has 0 saturated carbocycles. The third-order valence-electron chi connectivity index (χ3n) is 3.96. The van der Waals surface area contributed by atoms with Crippen molar-refractivity contribution in [1.82, 2.24) is 15.8 Å². The number of nitrogens with two attached hydrogens (primary N) is 1. The van der Waals surface area contributed by atoms with E-state index in [9.17, 15) is 18.0 Å². The van der Waals surface area contributed by atoms with E-state index in [0.29, 0.717) is 16.1 Å². The van der Waals surface area contributed by atoms with Crippen LogP contribution in [0.2, 0.25) is 0 Å². The summed E-state index contributed by atoms with van der Waals surface area (Å²) in [4.78, 5) is 29.2. The molecule has 2 aromatic carbocycles. The molecule has 1 heterocycles. The SMILES string of the molecule is Cc1nc(-c2ccccc2)sc1C(=O)NNC(=O)Cc1ccc(S(N)(=O)=O)cc1. The number of primary sulfonamides is 1. The first kappa shape index (κ1) is 20.6. The highest BCUT2D eigenvalue weighted by molar-refractivity contribution is 7.89. The Balaban J connectivity index is 1.59. The second kappa shape index (κ2) is 8.52. The van der Waals surface area contributed by atoms with Crippen LogP contribution in [0.25, 0.3) is 10.6 Å². The Morgan fingerprint density at radius 3 is 2.31 bits per heavy atom. The zero-order valence-corrected chi connectivity index (χ0v) is 17.0. The zero-order valence-electron chi connectivity index (χ0n) is 15.4. The lowest BCUT2D eigenvalue weighted by molar-refractivity contribution is -0.121. The summed E-state index contributed by atoms with van der Waals surface area (Å²) in [6, 6.07) is 15.1. The van der Waals surface area contributed by atoms with Gasteiger partial charge in [-0.25, -0.2) is 18.5 Å². The predicted molar refractivity (Wildman–Crippen MR) is 109 cm³/mol. The summed E-state index contributed by atoms with van der Waals surface area (Å²) < 4.78 is 22.5. The van der Waals surface area contributed by atoms with Gasteiger partial charge in [-0.2, -0.15) is 0 Å². The van der Waals surface area contributed by atoms with Gasteiger partial charge in [0.1, 0.15) is 9.88 Å². The minimum Gasteiger partial charge on any atom is -0.273 e. The van der Waals surface area contributed by atoms with E-state index < -0.39 is 21.8 Å². The quantitative estimate of drug-likeness (QED) is 0.531. The molecule has 0 atom stereocenters. The molecular formula is C19H18N4O4S2. The van der Waals surface area contributed by atoms with E-state index in [1.807, 2.05) is 30.3 Å². The molecule has 0 fully saturated rings. The average Bonchev–Trinajstić information content (AvgIpc) is 3.08. The summed E-state index contributed by atoms with van der Waals surface area (Å²) in [6.45, 7) is 1.73. The molecule has 0 unspecified atom stereocenters. The molecule has 0 radical (unpaired) electrons. The van der Waals surface area contributed by atoms with E-state index >= 15 is 0 Å². The van der Waals surface area contributed by atoms with Crippen LogP contribution < -0.4 is 16.0 Å². The maximum atomic E-state index is 12.4. The summed E-state index contributed by atoms with van der Waals surface area (Å²) in [5.74, 6) is -0.910. The van der Waals surface area contributed by atoms with Crippen LogP contribution in [0.5, 0.6) is 0 Å². The summed E-state index contributed by atoms with van der Waals surface area (Å²) in [7, 11) is -3.78. The van der Waals surface area contributed by atoms with Gasteiger partial charge in [0.15, 0.2) is 0 Å². The van der Waals surface area contributed by atoms with Gasteiger partial charge in [0.05, 0.1) is 17.0 Å². The number of benzene rings is 2. The first-order valence-electron chi connectivity index (χ1n) is 8.48. The Morgan fingerprint density at radius 1 is 1.03 bits per heavy atom. The number of thiazole rings is 1. The first-order valence-corrected chi connectivity index (χ1v) is 10.8. The van der Waals surface area contributed by atoms with Gasteiger partial charge in [0.25, 0.3) is 5.91 Å². The summed E-state index contributed by atoms with van der Waals surface area (Å²) in [5, 5.41) is 5.75. The molecule has 3 rings (SSSR count). The van der Waals surface area contributed by atoms with Crippen LogP contribution in [0.15, 0.2) is 59.5 Å². The van der Waals surface area contributed by atoms with E-state index in [2.05, 4.69) is 15.8 Å². The summed E-state index contributed by atoms with van der Waals surface area (Å²) >= 11 is 1.24. The predicted octanol–water partition coefficient (Wildman–Crippen LogP) is 1.77. The van der Waals surface area contributed by atoms with Crippen LogP contribution in [0.1, 0.15) is 20.9 Å². The number of carbonyl (C=O) groups excluding carboxylic acids is 2. The number of amides is 2. The Bertz CT molecular complexity index is 1140. The summed E-state index contributed by atoms with van der Waals surface area (Å²) in [5.41, 5.74) is 6.78. The van der Waals surface area contributed by atoms with Crippen molar-refractivity contribution < 1.29 is 18.0 Å². The van der Waals surface area contributed by atoms with Crippen LogP contribution in [0.3, 0.4) is 0 Å². The van der Waals surface area contributed by atoms with E-state index in [1.165, 1.54) is 35.6 Å². The molecule has 29 heavy (non-hydrogen) atoms. The zero-order chi connectivity index (χ0) is 21.0. The molecule has 2 amide bonds. The fourth-order valence-corrected chi connectivity index (χ4v) is 4.00. The van der Waals surface area contributed by atoms with Crippen molar-refractivity contribution in [2.24, 2.45) is 5.14 Å². The van der Waals surface area contributed by atoms with Crippen molar-refractivity contribution >= 4 is 33.2 Å². The summed E-state index contributed by atoms with van der Waals surface area (Å²) in [6.07, 6.45) is -0.0396. The van der Waals surface area contributed by atoms with Gasteiger partial charge in [-0.15, -0.1) is 11.3 Å². The van der Waals surface area contributed by atoms with Gasteiger partial charge in [0.2, 0.25) is 15.9 Å². The fraction of sp³-hybridized carbons (Fsp3) is 0.105. The topological polar surface area (TPSA) is 131 Å². The maximum absolute atomic E-state index is 12.4. The lowest BCUT2D eigenvalue weighted by Crippen LogP contribution is -2.42. The first-order chi connectivity index (χ1) is 13.7. The number of nitrogens with one attached hydrogen (secondary N) is 2. The van der Waals surface area contributed by atoms with Crippen LogP contribution in [-0.4, -0.2) is 25.2 Å². The minimum atomic E-state index is -3.78. The Kier molecular flexibility index (Phi) is 6.06. The lowest BCUT2D eigenvalue weighted by atomic mass is 10.1. The second-order valence-corrected chi connectivity index (χ2v) is 8.73. The highest BCUT2D eigenvalue weighted by Crippen LogP contribution is 2.27. The van der Waals surface area contributed by atoms with Crippen molar-refractivity contribution in [3.8, 4) is 10.6 Å². The molecule has 8 nitrogen and oxygen atoms in total. The van der Waals surface area contributed by atoms with Crippen LogP contribution in [0, 0.1) is 6.92 Å². The number of hydrazine groups is 1. The van der Waals surface area contributed by atoms with Gasteiger partial charge in [-0.3, -0.25) is 20.4 Å². The third kappa shape index (κ3) is 5.25. The average molecular weight is 431 g/mol. The van der Waals surface area contributed by atoms with Crippen LogP contribution in [0.4, 0.5) is 0 Å². The van der Waals surface area contributed by atoms with Crippen molar-refractivity contribution in [2.45, 2.75) is 18.2 Å². The molecule has 1 aromatic heterocycles. The molecule has 0 spiro atoms. The molecular weight excluding hydrogens is 412 g/mol. The van der Waals surface area contributed by atoms with E-state index in [1.54, 1.807) is 6.92 Å². The van der Waals surface area contributed by atoms with E-state index in [0.717, 1.165) is 10.6 Å². The minimum absolute atomic E-state index is 0.0372. The van der Waals surface area contributed by atoms with E-state index in [-0.39, 0.29) is 11.3 Å². The number of hydrogen-bond donors (Lipinski definition) is 3. The molecule has 3 aromatic rings. The Morgan fingerprint density at radius 2 is 1.69 bits per heavy atom. The van der Waals surface area contributed by atoms with Crippen molar-refractivity contribution in [1.29, 1.82) is 0 Å². The molecule has 150 valence electrons. The van der Waals surface area contributed by atoms with Gasteiger partial charge >= 0.3 is 0 Å². The van der Waals surface area contributed by atoms with Crippen LogP contribution in [-0.2, 0) is 21.2 Å². The number of carbonyl (C=O) groups is 2. The molecule has 0 saturated heterocycles. The van der Waals surface area contributed by atoms with Crippen molar-refractivity contribution in [3.05, 3.63) is 70.7 Å². The van der Waals surface area contributed by atoms with Gasteiger partial charge < -0.3 is 0 Å². The van der Waals surface area contributed by atoms with Gasteiger partial charge in [0, 0.05) is 5.56 Å². The van der Waals surface area contributed by atoms with Gasteiger partial charge in [-0.05, 0) is 24.6 Å². The molecule has 4 N–H and O–H groups in total. The molecule has 0 aliphatic rings. The monoisotopic (exact) mass is 430 g/mol. The number of sulfonamides is 1.